The quantitative estimate of drug-likeness (QED) is 0.703. The molecule has 0 radical (unpaired) electrons. The van der Waals surface area contributed by atoms with Gasteiger partial charge in [-0.3, -0.25) is 0 Å². The maximum Gasteiger partial charge on any atom is 0.316 e. The van der Waals surface area contributed by atoms with Crippen LogP contribution < -0.4 is 11.1 Å². The van der Waals surface area contributed by atoms with Crippen molar-refractivity contribution in [1.29, 1.82) is 0 Å². The van der Waals surface area contributed by atoms with Gasteiger partial charge in [0.25, 0.3) is 0 Å². The van der Waals surface area contributed by atoms with Crippen LogP contribution >= 0.6 is 0 Å². The molecule has 0 aromatic heterocycles. The number of anilines is 1. The monoisotopic (exact) mass is 208 g/mol. The van der Waals surface area contributed by atoms with Crippen LogP contribution in [-0.2, 0) is 5.41 Å². The van der Waals surface area contributed by atoms with Crippen LogP contribution in [0, 0.1) is 0 Å². The average Bonchev–Trinajstić information content (AvgIpc) is 2.18. The Hall–Kier alpha value is -1.55. The molecular weight excluding hydrogens is 192 g/mol. The molecule has 0 unspecified atom stereocenters. The number of hydrogen-bond acceptors (Lipinski definition) is 2. The zero-order valence-electron chi connectivity index (χ0n) is 8.95. The molecule has 1 aromatic rings. The predicted octanol–water partition coefficient (Wildman–Crippen LogP) is 1.45. The van der Waals surface area contributed by atoms with Gasteiger partial charge in [-0.05, 0) is 17.7 Å². The lowest BCUT2D eigenvalue weighted by Gasteiger charge is -2.22. The molecule has 15 heavy (non-hydrogen) atoms. The van der Waals surface area contributed by atoms with E-state index >= 15 is 0 Å². The summed E-state index contributed by atoms with van der Waals surface area (Å²) >= 11 is 0. The number of primary amides is 1. The van der Waals surface area contributed by atoms with Gasteiger partial charge in [0.15, 0.2) is 0 Å². The summed E-state index contributed by atoms with van der Waals surface area (Å²) in [6.07, 6.45) is 0. The van der Waals surface area contributed by atoms with Gasteiger partial charge in [-0.1, -0.05) is 26.0 Å². The summed E-state index contributed by atoms with van der Waals surface area (Å²) in [6, 6.07) is 6.67. The Balaban J connectivity index is 2.85. The number of nitrogens with one attached hydrogen (secondary N) is 1. The zero-order valence-corrected chi connectivity index (χ0v) is 8.95. The Bertz CT molecular complexity index is 344. The van der Waals surface area contributed by atoms with Gasteiger partial charge in [0, 0.05) is 11.1 Å². The maximum absolute atomic E-state index is 10.6. The predicted molar refractivity (Wildman–Crippen MR) is 59.8 cm³/mol. The first kappa shape index (κ1) is 11.5. The number of aliphatic hydroxyl groups is 1. The highest BCUT2D eigenvalue weighted by Crippen LogP contribution is 2.23. The Morgan fingerprint density at radius 3 is 2.33 bits per heavy atom. The molecule has 4 nitrogen and oxygen atoms in total. The van der Waals surface area contributed by atoms with Crippen molar-refractivity contribution in [3.8, 4) is 0 Å². The minimum absolute atomic E-state index is 0.0790. The van der Waals surface area contributed by atoms with Crippen molar-refractivity contribution in [2.24, 2.45) is 5.73 Å². The third kappa shape index (κ3) is 2.95. The van der Waals surface area contributed by atoms with Crippen LogP contribution in [0.2, 0.25) is 0 Å². The molecule has 0 spiro atoms. The smallest absolute Gasteiger partial charge is 0.316 e. The van der Waals surface area contributed by atoms with E-state index in [-0.39, 0.29) is 12.0 Å². The van der Waals surface area contributed by atoms with Crippen molar-refractivity contribution in [1.82, 2.24) is 0 Å². The second-order valence-electron chi connectivity index (χ2n) is 4.11. The summed E-state index contributed by atoms with van der Waals surface area (Å²) in [5.74, 6) is 0. The molecule has 4 N–H and O–H groups in total. The standard InChI is InChI=1S/C11H16N2O2/c1-11(2,7-14)8-3-5-9(6-4-8)13-10(12)15/h3-6,14H,7H2,1-2H3,(H3,12,13,15). The van der Waals surface area contributed by atoms with Gasteiger partial charge in [0.05, 0.1) is 6.61 Å². The molecule has 2 amide bonds. The van der Waals surface area contributed by atoms with Gasteiger partial charge in [-0.25, -0.2) is 4.79 Å². The largest absolute Gasteiger partial charge is 0.395 e. The zero-order chi connectivity index (χ0) is 11.5. The minimum atomic E-state index is -0.579. The van der Waals surface area contributed by atoms with Gasteiger partial charge < -0.3 is 16.2 Å². The van der Waals surface area contributed by atoms with E-state index in [0.29, 0.717) is 5.69 Å². The number of urea groups is 1. The fraction of sp³-hybridized carbons (Fsp3) is 0.364. The summed E-state index contributed by atoms with van der Waals surface area (Å²) in [5, 5.41) is 11.7. The number of rotatable bonds is 3. The summed E-state index contributed by atoms with van der Waals surface area (Å²) in [7, 11) is 0. The minimum Gasteiger partial charge on any atom is -0.395 e. The van der Waals surface area contributed by atoms with Crippen LogP contribution in [0.1, 0.15) is 19.4 Å². The summed E-state index contributed by atoms with van der Waals surface area (Å²) in [4.78, 5) is 10.6. The summed E-state index contributed by atoms with van der Waals surface area (Å²) in [5.41, 5.74) is 6.38. The molecule has 0 atom stereocenters. The lowest BCUT2D eigenvalue weighted by Crippen LogP contribution is -2.22. The second-order valence-corrected chi connectivity index (χ2v) is 4.11. The summed E-state index contributed by atoms with van der Waals surface area (Å²) in [6.45, 7) is 3.97. The highest BCUT2D eigenvalue weighted by atomic mass is 16.3. The fourth-order valence-electron chi connectivity index (χ4n) is 1.24. The van der Waals surface area contributed by atoms with Gasteiger partial charge >= 0.3 is 6.03 Å². The number of carbonyl (C=O) groups is 1. The molecule has 0 heterocycles. The summed E-state index contributed by atoms with van der Waals surface area (Å²) < 4.78 is 0. The van der Waals surface area contributed by atoms with Gasteiger partial charge in [-0.2, -0.15) is 0 Å². The third-order valence-corrected chi connectivity index (χ3v) is 2.33. The van der Waals surface area contributed by atoms with Gasteiger partial charge in [0.2, 0.25) is 0 Å². The van der Waals surface area contributed by atoms with E-state index in [1.165, 1.54) is 0 Å². The Kier molecular flexibility index (Phi) is 3.31. The van der Waals surface area contributed by atoms with Crippen molar-refractivity contribution in [2.75, 3.05) is 11.9 Å². The fourth-order valence-corrected chi connectivity index (χ4v) is 1.24. The van der Waals surface area contributed by atoms with E-state index in [1.807, 2.05) is 26.0 Å². The van der Waals surface area contributed by atoms with Crippen LogP contribution in [0.5, 0.6) is 0 Å². The maximum atomic E-state index is 10.6. The van der Waals surface area contributed by atoms with E-state index in [4.69, 9.17) is 5.73 Å². The molecule has 1 aromatic carbocycles. The topological polar surface area (TPSA) is 75.3 Å². The van der Waals surface area contributed by atoms with Crippen molar-refractivity contribution in [2.45, 2.75) is 19.3 Å². The number of hydrogen-bond donors (Lipinski definition) is 3. The van der Waals surface area contributed by atoms with Crippen molar-refractivity contribution >= 4 is 11.7 Å². The van der Waals surface area contributed by atoms with Crippen LogP contribution in [0.15, 0.2) is 24.3 Å². The first-order valence-electron chi connectivity index (χ1n) is 4.73. The number of benzene rings is 1. The highest BCUT2D eigenvalue weighted by Gasteiger charge is 2.18. The average molecular weight is 208 g/mol. The van der Waals surface area contributed by atoms with Crippen LogP contribution in [0.25, 0.3) is 0 Å². The highest BCUT2D eigenvalue weighted by molar-refractivity contribution is 5.87. The molecule has 0 aliphatic carbocycles. The first-order chi connectivity index (χ1) is 6.95. The first-order valence-corrected chi connectivity index (χ1v) is 4.73. The van der Waals surface area contributed by atoms with Crippen LogP contribution in [-0.4, -0.2) is 17.7 Å². The van der Waals surface area contributed by atoms with E-state index in [2.05, 4.69) is 5.32 Å². The van der Waals surface area contributed by atoms with E-state index < -0.39 is 6.03 Å². The van der Waals surface area contributed by atoms with Gasteiger partial charge in [0.1, 0.15) is 0 Å². The lowest BCUT2D eigenvalue weighted by molar-refractivity contribution is 0.218. The number of amides is 2. The SMILES string of the molecule is CC(C)(CO)c1ccc(NC(N)=O)cc1. The van der Waals surface area contributed by atoms with Crippen LogP contribution in [0.3, 0.4) is 0 Å². The van der Waals surface area contributed by atoms with Gasteiger partial charge in [-0.15, -0.1) is 0 Å². The van der Waals surface area contributed by atoms with E-state index in [1.54, 1.807) is 12.1 Å². The van der Waals surface area contributed by atoms with Crippen molar-refractivity contribution in [3.63, 3.8) is 0 Å². The number of carbonyl (C=O) groups excluding carboxylic acids is 1. The third-order valence-electron chi connectivity index (χ3n) is 2.33. The van der Waals surface area contributed by atoms with Crippen molar-refractivity contribution < 1.29 is 9.90 Å². The molecule has 1 rings (SSSR count). The second kappa shape index (κ2) is 4.31. The van der Waals surface area contributed by atoms with Crippen LogP contribution in [0.4, 0.5) is 10.5 Å². The van der Waals surface area contributed by atoms with Crippen molar-refractivity contribution in [3.05, 3.63) is 29.8 Å². The molecule has 0 saturated heterocycles. The molecule has 4 heteroatoms. The number of aliphatic hydroxyl groups excluding tert-OH is 1. The molecule has 0 aliphatic heterocycles. The molecule has 0 aliphatic rings. The molecule has 82 valence electrons. The molecule has 0 fully saturated rings. The van der Waals surface area contributed by atoms with E-state index in [0.717, 1.165) is 5.56 Å². The molecular formula is C11H16N2O2. The normalized spacial score (nSPS) is 11.1. The number of nitrogens with two attached hydrogens (primary N) is 1. The molecule has 0 saturated carbocycles. The molecule has 0 bridgehead atoms. The Morgan fingerprint density at radius 2 is 1.93 bits per heavy atom. The van der Waals surface area contributed by atoms with E-state index in [9.17, 15) is 9.90 Å². The Labute approximate surface area is 89.1 Å². The Morgan fingerprint density at radius 1 is 1.40 bits per heavy atom. The lowest BCUT2D eigenvalue weighted by atomic mass is 9.86.